The van der Waals surface area contributed by atoms with Gasteiger partial charge in [-0.2, -0.15) is 0 Å². The quantitative estimate of drug-likeness (QED) is 0.904. The van der Waals surface area contributed by atoms with Crippen LogP contribution in [0, 0.1) is 5.82 Å². The summed E-state index contributed by atoms with van der Waals surface area (Å²) in [6, 6.07) is 3.88. The predicted octanol–water partition coefficient (Wildman–Crippen LogP) is 2.56. The topological polar surface area (TPSA) is 57.6 Å². The van der Waals surface area contributed by atoms with E-state index in [-0.39, 0.29) is 29.6 Å². The van der Waals surface area contributed by atoms with E-state index in [9.17, 15) is 14.0 Å². The Bertz CT molecular complexity index is 517. The number of carboxylic acids is 1. The van der Waals surface area contributed by atoms with Crippen molar-refractivity contribution >= 4 is 23.5 Å². The van der Waals surface area contributed by atoms with Gasteiger partial charge in [0.1, 0.15) is 5.82 Å². The monoisotopic (exact) mass is 285 g/mol. The SMILES string of the molecule is O=C(O)CCN(C(=O)c1ccc(Cl)cc1F)C1CC1. The van der Waals surface area contributed by atoms with Gasteiger partial charge in [-0.3, -0.25) is 9.59 Å². The zero-order valence-corrected chi connectivity index (χ0v) is 10.9. The molecule has 2 rings (SSSR count). The van der Waals surface area contributed by atoms with Crippen molar-refractivity contribution in [1.82, 2.24) is 4.90 Å². The highest BCUT2D eigenvalue weighted by atomic mass is 35.5. The molecule has 0 bridgehead atoms. The molecule has 1 aromatic rings. The van der Waals surface area contributed by atoms with E-state index in [2.05, 4.69) is 0 Å². The molecule has 0 spiro atoms. The van der Waals surface area contributed by atoms with E-state index < -0.39 is 17.7 Å². The molecule has 0 unspecified atom stereocenters. The van der Waals surface area contributed by atoms with Gasteiger partial charge in [-0.15, -0.1) is 0 Å². The summed E-state index contributed by atoms with van der Waals surface area (Å²) >= 11 is 5.64. The van der Waals surface area contributed by atoms with Gasteiger partial charge in [0.15, 0.2) is 0 Å². The second-order valence-electron chi connectivity index (χ2n) is 4.50. The van der Waals surface area contributed by atoms with Gasteiger partial charge < -0.3 is 10.0 Å². The first-order valence-corrected chi connectivity index (χ1v) is 6.34. The Labute approximate surface area is 114 Å². The molecule has 1 aliphatic carbocycles. The van der Waals surface area contributed by atoms with Crippen LogP contribution in [0.3, 0.4) is 0 Å². The van der Waals surface area contributed by atoms with Crippen molar-refractivity contribution in [2.45, 2.75) is 25.3 Å². The maximum Gasteiger partial charge on any atom is 0.305 e. The molecule has 1 amide bonds. The lowest BCUT2D eigenvalue weighted by Crippen LogP contribution is -2.35. The van der Waals surface area contributed by atoms with Crippen LogP contribution in [-0.4, -0.2) is 34.5 Å². The standard InChI is InChI=1S/C13H13ClFNO3/c14-8-1-4-10(11(15)7-8)13(19)16(9-2-3-9)6-5-12(17)18/h1,4,7,9H,2-3,5-6H2,(H,17,18). The third-order valence-corrected chi connectivity index (χ3v) is 3.21. The lowest BCUT2D eigenvalue weighted by atomic mass is 10.1. The van der Waals surface area contributed by atoms with Crippen LogP contribution in [-0.2, 0) is 4.79 Å². The van der Waals surface area contributed by atoms with E-state index in [1.165, 1.54) is 17.0 Å². The van der Waals surface area contributed by atoms with Crippen molar-refractivity contribution in [3.63, 3.8) is 0 Å². The van der Waals surface area contributed by atoms with Gasteiger partial charge in [-0.05, 0) is 31.0 Å². The number of halogens is 2. The summed E-state index contributed by atoms with van der Waals surface area (Å²) in [6.45, 7) is 0.0981. The molecule has 1 saturated carbocycles. The molecule has 0 atom stereocenters. The zero-order chi connectivity index (χ0) is 14.0. The highest BCUT2D eigenvalue weighted by molar-refractivity contribution is 6.30. The van der Waals surface area contributed by atoms with Crippen LogP contribution in [0.1, 0.15) is 29.6 Å². The summed E-state index contributed by atoms with van der Waals surface area (Å²) in [7, 11) is 0. The Kier molecular flexibility index (Phi) is 4.04. The molecule has 0 heterocycles. The second-order valence-corrected chi connectivity index (χ2v) is 4.93. The van der Waals surface area contributed by atoms with Crippen LogP contribution in [0.15, 0.2) is 18.2 Å². The highest BCUT2D eigenvalue weighted by Crippen LogP contribution is 2.29. The maximum atomic E-state index is 13.7. The Morgan fingerprint density at radius 1 is 1.42 bits per heavy atom. The number of nitrogens with zero attached hydrogens (tertiary/aromatic N) is 1. The number of carbonyl (C=O) groups excluding carboxylic acids is 1. The van der Waals surface area contributed by atoms with Crippen molar-refractivity contribution < 1.29 is 19.1 Å². The first-order chi connectivity index (χ1) is 8.99. The number of carbonyl (C=O) groups is 2. The summed E-state index contributed by atoms with van der Waals surface area (Å²) in [5.74, 6) is -2.13. The van der Waals surface area contributed by atoms with Crippen molar-refractivity contribution in [2.75, 3.05) is 6.54 Å². The molecule has 102 valence electrons. The second kappa shape index (κ2) is 5.57. The average Bonchev–Trinajstić information content (AvgIpc) is 3.13. The minimum absolute atomic E-state index is 0.0296. The van der Waals surface area contributed by atoms with Gasteiger partial charge in [0.2, 0.25) is 0 Å². The van der Waals surface area contributed by atoms with Crippen molar-refractivity contribution in [3.8, 4) is 0 Å². The van der Waals surface area contributed by atoms with Gasteiger partial charge >= 0.3 is 5.97 Å². The molecule has 19 heavy (non-hydrogen) atoms. The molecule has 1 fully saturated rings. The smallest absolute Gasteiger partial charge is 0.305 e. The van der Waals surface area contributed by atoms with Crippen molar-refractivity contribution in [1.29, 1.82) is 0 Å². The molecule has 0 radical (unpaired) electrons. The fourth-order valence-corrected chi connectivity index (χ4v) is 2.03. The molecular weight excluding hydrogens is 273 g/mol. The molecule has 1 aliphatic rings. The molecule has 6 heteroatoms. The van der Waals surface area contributed by atoms with E-state index in [1.54, 1.807) is 0 Å². The first kappa shape index (κ1) is 13.8. The fraction of sp³-hybridized carbons (Fsp3) is 0.385. The van der Waals surface area contributed by atoms with Crippen LogP contribution >= 0.6 is 11.6 Å². The van der Waals surface area contributed by atoms with Crippen LogP contribution in [0.2, 0.25) is 5.02 Å². The lowest BCUT2D eigenvalue weighted by molar-refractivity contribution is -0.137. The van der Waals surface area contributed by atoms with Crippen LogP contribution in [0.4, 0.5) is 4.39 Å². The molecule has 4 nitrogen and oxygen atoms in total. The van der Waals surface area contributed by atoms with Crippen molar-refractivity contribution in [3.05, 3.63) is 34.6 Å². The number of rotatable bonds is 5. The van der Waals surface area contributed by atoms with Gasteiger partial charge in [0.25, 0.3) is 5.91 Å². The summed E-state index contributed by atoms with van der Waals surface area (Å²) in [5, 5.41) is 8.90. The minimum atomic E-state index is -0.977. The summed E-state index contributed by atoms with van der Waals surface area (Å²) < 4.78 is 13.7. The van der Waals surface area contributed by atoms with Gasteiger partial charge in [0.05, 0.1) is 12.0 Å². The molecule has 1 aromatic carbocycles. The molecule has 1 N–H and O–H groups in total. The molecular formula is C13H13ClFNO3. The first-order valence-electron chi connectivity index (χ1n) is 5.97. The van der Waals surface area contributed by atoms with E-state index in [4.69, 9.17) is 16.7 Å². The summed E-state index contributed by atoms with van der Waals surface area (Å²) in [5.41, 5.74) is -0.0679. The van der Waals surface area contributed by atoms with E-state index >= 15 is 0 Å². The van der Waals surface area contributed by atoms with E-state index in [0.717, 1.165) is 18.9 Å². The molecule has 0 aliphatic heterocycles. The fourth-order valence-electron chi connectivity index (χ4n) is 1.87. The number of hydrogen-bond donors (Lipinski definition) is 1. The number of amides is 1. The molecule has 0 saturated heterocycles. The third-order valence-electron chi connectivity index (χ3n) is 2.98. The van der Waals surface area contributed by atoms with E-state index in [0.29, 0.717) is 0 Å². The largest absolute Gasteiger partial charge is 0.481 e. The van der Waals surface area contributed by atoms with Crippen LogP contribution in [0.25, 0.3) is 0 Å². The number of aliphatic carboxylic acids is 1. The number of benzene rings is 1. The third kappa shape index (κ3) is 3.44. The summed E-state index contributed by atoms with van der Waals surface area (Å²) in [6.07, 6.45) is 1.53. The van der Waals surface area contributed by atoms with Gasteiger partial charge in [-0.25, -0.2) is 4.39 Å². The Morgan fingerprint density at radius 2 is 2.11 bits per heavy atom. The lowest BCUT2D eigenvalue weighted by Gasteiger charge is -2.22. The Morgan fingerprint density at radius 3 is 2.63 bits per heavy atom. The predicted molar refractivity (Wildman–Crippen MR) is 67.7 cm³/mol. The van der Waals surface area contributed by atoms with Gasteiger partial charge in [-0.1, -0.05) is 11.6 Å². The van der Waals surface area contributed by atoms with E-state index in [1.807, 2.05) is 0 Å². The van der Waals surface area contributed by atoms with Gasteiger partial charge in [0, 0.05) is 17.6 Å². The summed E-state index contributed by atoms with van der Waals surface area (Å²) in [4.78, 5) is 24.2. The maximum absolute atomic E-state index is 13.7. The highest BCUT2D eigenvalue weighted by Gasteiger charge is 2.34. The minimum Gasteiger partial charge on any atom is -0.481 e. The Hall–Kier alpha value is -1.62. The zero-order valence-electron chi connectivity index (χ0n) is 10.1. The average molecular weight is 286 g/mol. The molecule has 0 aromatic heterocycles. The van der Waals surface area contributed by atoms with Crippen molar-refractivity contribution in [2.24, 2.45) is 0 Å². The normalized spacial score (nSPS) is 14.2. The Balaban J connectivity index is 2.16. The van der Waals surface area contributed by atoms with Crippen LogP contribution < -0.4 is 0 Å². The number of carboxylic acid groups (broad SMARTS) is 1. The number of hydrogen-bond acceptors (Lipinski definition) is 2. The van der Waals surface area contributed by atoms with Crippen LogP contribution in [0.5, 0.6) is 0 Å².